The second-order valence-corrected chi connectivity index (χ2v) is 3.61. The summed E-state index contributed by atoms with van der Waals surface area (Å²) >= 11 is 0. The molecule has 0 heterocycles. The van der Waals surface area contributed by atoms with E-state index in [4.69, 9.17) is 11.5 Å². The van der Waals surface area contributed by atoms with Gasteiger partial charge in [0.25, 0.3) is 0 Å². The van der Waals surface area contributed by atoms with Crippen LogP contribution in [0.4, 0.5) is 0 Å². The van der Waals surface area contributed by atoms with Crippen LogP contribution in [-0.4, -0.2) is 18.2 Å². The van der Waals surface area contributed by atoms with Gasteiger partial charge < -0.3 is 16.6 Å². The monoisotopic (exact) mass is 194 g/mol. The zero-order chi connectivity index (χ0) is 10.6. The standard InChI is InChI=1S/C11H18N2O/c1-8-3-2-4-11(14)10(8)5-9(6-12)7-13/h2-4,9,14H,5-7,12-13H2,1H3. The Morgan fingerprint density at radius 1 is 1.29 bits per heavy atom. The van der Waals surface area contributed by atoms with Crippen molar-refractivity contribution in [3.63, 3.8) is 0 Å². The van der Waals surface area contributed by atoms with Gasteiger partial charge in [-0.05, 0) is 49.5 Å². The molecule has 14 heavy (non-hydrogen) atoms. The van der Waals surface area contributed by atoms with Crippen molar-refractivity contribution in [2.75, 3.05) is 13.1 Å². The summed E-state index contributed by atoms with van der Waals surface area (Å²) in [5, 5.41) is 9.65. The highest BCUT2D eigenvalue weighted by atomic mass is 16.3. The van der Waals surface area contributed by atoms with Gasteiger partial charge in [0.2, 0.25) is 0 Å². The number of hydrogen-bond acceptors (Lipinski definition) is 3. The Labute approximate surface area is 84.7 Å². The molecule has 1 aromatic carbocycles. The molecule has 3 heteroatoms. The molecule has 0 unspecified atom stereocenters. The molecule has 0 saturated heterocycles. The lowest BCUT2D eigenvalue weighted by molar-refractivity contribution is 0.455. The SMILES string of the molecule is Cc1cccc(O)c1CC(CN)CN. The molecular formula is C11H18N2O. The van der Waals surface area contributed by atoms with Crippen LogP contribution in [0.2, 0.25) is 0 Å². The fourth-order valence-corrected chi connectivity index (χ4v) is 1.50. The van der Waals surface area contributed by atoms with Gasteiger partial charge in [-0.25, -0.2) is 0 Å². The third-order valence-corrected chi connectivity index (χ3v) is 2.54. The minimum Gasteiger partial charge on any atom is -0.508 e. The summed E-state index contributed by atoms with van der Waals surface area (Å²) in [5.41, 5.74) is 13.2. The van der Waals surface area contributed by atoms with Crippen LogP contribution >= 0.6 is 0 Å². The molecule has 1 aromatic rings. The van der Waals surface area contributed by atoms with Gasteiger partial charge in [0, 0.05) is 0 Å². The first-order valence-corrected chi connectivity index (χ1v) is 4.86. The van der Waals surface area contributed by atoms with Crippen molar-refractivity contribution in [3.8, 4) is 5.75 Å². The molecule has 0 fully saturated rings. The lowest BCUT2D eigenvalue weighted by atomic mass is 9.95. The summed E-state index contributed by atoms with van der Waals surface area (Å²) in [4.78, 5) is 0. The third kappa shape index (κ3) is 2.47. The minimum absolute atomic E-state index is 0.252. The number of benzene rings is 1. The molecule has 3 nitrogen and oxygen atoms in total. The molecule has 0 radical (unpaired) electrons. The van der Waals surface area contributed by atoms with Gasteiger partial charge in [-0.2, -0.15) is 0 Å². The van der Waals surface area contributed by atoms with Gasteiger partial charge in [-0.15, -0.1) is 0 Å². The molecule has 0 aromatic heterocycles. The van der Waals surface area contributed by atoms with Gasteiger partial charge in [0.05, 0.1) is 0 Å². The van der Waals surface area contributed by atoms with E-state index in [1.165, 1.54) is 0 Å². The van der Waals surface area contributed by atoms with Crippen molar-refractivity contribution in [2.45, 2.75) is 13.3 Å². The van der Waals surface area contributed by atoms with E-state index in [0.717, 1.165) is 17.5 Å². The van der Waals surface area contributed by atoms with Crippen LogP contribution in [0.15, 0.2) is 18.2 Å². The van der Waals surface area contributed by atoms with Crippen LogP contribution in [0, 0.1) is 12.8 Å². The Morgan fingerprint density at radius 2 is 1.93 bits per heavy atom. The third-order valence-electron chi connectivity index (χ3n) is 2.54. The van der Waals surface area contributed by atoms with Crippen molar-refractivity contribution in [1.29, 1.82) is 0 Å². The summed E-state index contributed by atoms with van der Waals surface area (Å²) in [6.07, 6.45) is 0.755. The van der Waals surface area contributed by atoms with Gasteiger partial charge in [-0.1, -0.05) is 12.1 Å². The summed E-state index contributed by atoms with van der Waals surface area (Å²) in [6, 6.07) is 5.53. The van der Waals surface area contributed by atoms with Crippen molar-refractivity contribution in [2.24, 2.45) is 17.4 Å². The zero-order valence-electron chi connectivity index (χ0n) is 8.53. The maximum Gasteiger partial charge on any atom is 0.119 e. The van der Waals surface area contributed by atoms with Crippen LogP contribution in [0.5, 0.6) is 5.75 Å². The normalized spacial score (nSPS) is 10.9. The van der Waals surface area contributed by atoms with E-state index in [9.17, 15) is 5.11 Å². The molecule has 78 valence electrons. The molecule has 0 aliphatic carbocycles. The number of hydrogen-bond donors (Lipinski definition) is 3. The number of phenols is 1. The molecule has 0 amide bonds. The first kappa shape index (κ1) is 11.0. The van der Waals surface area contributed by atoms with Crippen molar-refractivity contribution >= 4 is 0 Å². The Morgan fingerprint density at radius 3 is 2.43 bits per heavy atom. The van der Waals surface area contributed by atoms with Gasteiger partial charge >= 0.3 is 0 Å². The molecule has 1 rings (SSSR count). The Bertz CT molecular complexity index is 275. The van der Waals surface area contributed by atoms with E-state index in [0.29, 0.717) is 18.8 Å². The number of aromatic hydroxyl groups is 1. The highest BCUT2D eigenvalue weighted by Gasteiger charge is 2.10. The summed E-state index contributed by atoms with van der Waals surface area (Å²) < 4.78 is 0. The summed E-state index contributed by atoms with van der Waals surface area (Å²) in [7, 11) is 0. The van der Waals surface area contributed by atoms with Crippen LogP contribution in [0.3, 0.4) is 0 Å². The quantitative estimate of drug-likeness (QED) is 0.663. The summed E-state index contributed by atoms with van der Waals surface area (Å²) in [6.45, 7) is 3.10. The predicted molar refractivity (Wildman–Crippen MR) is 58.1 cm³/mol. The zero-order valence-corrected chi connectivity index (χ0v) is 8.53. The number of aryl methyl sites for hydroxylation is 1. The van der Waals surface area contributed by atoms with Gasteiger partial charge in [-0.3, -0.25) is 0 Å². The van der Waals surface area contributed by atoms with E-state index >= 15 is 0 Å². The fourth-order valence-electron chi connectivity index (χ4n) is 1.50. The average molecular weight is 194 g/mol. The van der Waals surface area contributed by atoms with E-state index < -0.39 is 0 Å². The van der Waals surface area contributed by atoms with Gasteiger partial charge in [0.15, 0.2) is 0 Å². The van der Waals surface area contributed by atoms with Crippen LogP contribution < -0.4 is 11.5 Å². The maximum absolute atomic E-state index is 9.65. The molecule has 0 bridgehead atoms. The molecule has 0 atom stereocenters. The topological polar surface area (TPSA) is 72.3 Å². The van der Waals surface area contributed by atoms with Crippen LogP contribution in [-0.2, 0) is 6.42 Å². The molecule has 0 aliphatic rings. The van der Waals surface area contributed by atoms with Crippen LogP contribution in [0.1, 0.15) is 11.1 Å². The molecule has 0 spiro atoms. The van der Waals surface area contributed by atoms with Crippen molar-refractivity contribution in [3.05, 3.63) is 29.3 Å². The second-order valence-electron chi connectivity index (χ2n) is 3.61. The van der Waals surface area contributed by atoms with E-state index in [2.05, 4.69) is 0 Å². The van der Waals surface area contributed by atoms with Gasteiger partial charge in [0.1, 0.15) is 5.75 Å². The molecular weight excluding hydrogens is 176 g/mol. The first-order valence-electron chi connectivity index (χ1n) is 4.86. The minimum atomic E-state index is 0.252. The fraction of sp³-hybridized carbons (Fsp3) is 0.455. The van der Waals surface area contributed by atoms with E-state index in [1.54, 1.807) is 6.07 Å². The first-order chi connectivity index (χ1) is 6.69. The molecule has 0 aliphatic heterocycles. The van der Waals surface area contributed by atoms with E-state index in [1.807, 2.05) is 19.1 Å². The van der Waals surface area contributed by atoms with E-state index in [-0.39, 0.29) is 5.92 Å². The Kier molecular flexibility index (Phi) is 3.92. The molecule has 0 saturated carbocycles. The smallest absolute Gasteiger partial charge is 0.119 e. The highest BCUT2D eigenvalue weighted by molar-refractivity contribution is 5.38. The van der Waals surface area contributed by atoms with Crippen molar-refractivity contribution in [1.82, 2.24) is 0 Å². The lowest BCUT2D eigenvalue weighted by Crippen LogP contribution is -2.25. The largest absolute Gasteiger partial charge is 0.508 e. The Hall–Kier alpha value is -1.06. The summed E-state index contributed by atoms with van der Waals surface area (Å²) in [5.74, 6) is 0.596. The number of phenolic OH excluding ortho intramolecular Hbond substituents is 1. The molecule has 5 N–H and O–H groups in total. The Balaban J connectivity index is 2.84. The average Bonchev–Trinajstić information content (AvgIpc) is 2.18. The highest BCUT2D eigenvalue weighted by Crippen LogP contribution is 2.23. The van der Waals surface area contributed by atoms with Crippen LogP contribution in [0.25, 0.3) is 0 Å². The maximum atomic E-state index is 9.65. The number of rotatable bonds is 4. The van der Waals surface area contributed by atoms with Crippen molar-refractivity contribution < 1.29 is 5.11 Å². The predicted octanol–water partition coefficient (Wildman–Crippen LogP) is 0.777. The number of nitrogens with two attached hydrogens (primary N) is 2. The second kappa shape index (κ2) is 4.98. The lowest BCUT2D eigenvalue weighted by Gasteiger charge is -2.14.